The number of imidazole rings is 1. The lowest BCUT2D eigenvalue weighted by atomic mass is 10.0. The zero-order chi connectivity index (χ0) is 16.6. The SMILES string of the molecule is CCn1nc(C)cc1C(=O)NC(C)(C)c1nc2ccccc2[nH]1. The molecule has 0 aliphatic carbocycles. The number of benzene rings is 1. The lowest BCUT2D eigenvalue weighted by Crippen LogP contribution is -2.42. The molecule has 0 atom stereocenters. The number of carbonyl (C=O) groups is 1. The Kier molecular flexibility index (Phi) is 3.67. The first-order valence-corrected chi connectivity index (χ1v) is 7.73. The van der Waals surface area contributed by atoms with Gasteiger partial charge in [-0.3, -0.25) is 9.48 Å². The van der Waals surface area contributed by atoms with Crippen molar-refractivity contribution in [2.24, 2.45) is 0 Å². The van der Waals surface area contributed by atoms with Crippen LogP contribution in [-0.2, 0) is 12.1 Å². The topological polar surface area (TPSA) is 75.6 Å². The van der Waals surface area contributed by atoms with Crippen LogP contribution in [0.4, 0.5) is 0 Å². The highest BCUT2D eigenvalue weighted by Gasteiger charge is 2.28. The van der Waals surface area contributed by atoms with Crippen LogP contribution < -0.4 is 5.32 Å². The molecule has 120 valence electrons. The summed E-state index contributed by atoms with van der Waals surface area (Å²) >= 11 is 0. The van der Waals surface area contributed by atoms with Crippen LogP contribution in [0, 0.1) is 6.92 Å². The second kappa shape index (κ2) is 5.53. The molecule has 0 saturated carbocycles. The Bertz CT molecular complexity index is 826. The number of para-hydroxylation sites is 2. The Balaban J connectivity index is 1.89. The zero-order valence-electron chi connectivity index (χ0n) is 13.8. The summed E-state index contributed by atoms with van der Waals surface area (Å²) in [6.07, 6.45) is 0. The van der Waals surface area contributed by atoms with Crippen molar-refractivity contribution in [3.63, 3.8) is 0 Å². The van der Waals surface area contributed by atoms with Crippen LogP contribution in [0.1, 0.15) is 42.8 Å². The average Bonchev–Trinajstić information content (AvgIpc) is 3.10. The number of fused-ring (bicyclic) bond motifs is 1. The number of hydrogen-bond donors (Lipinski definition) is 2. The van der Waals surface area contributed by atoms with Gasteiger partial charge in [0.2, 0.25) is 0 Å². The maximum atomic E-state index is 12.6. The first-order valence-electron chi connectivity index (χ1n) is 7.73. The Morgan fingerprint density at radius 3 is 2.78 bits per heavy atom. The van der Waals surface area contributed by atoms with Crippen molar-refractivity contribution in [2.75, 3.05) is 0 Å². The largest absolute Gasteiger partial charge is 0.340 e. The molecule has 0 spiro atoms. The van der Waals surface area contributed by atoms with E-state index in [0.717, 1.165) is 22.6 Å². The monoisotopic (exact) mass is 311 g/mol. The molecular weight excluding hydrogens is 290 g/mol. The van der Waals surface area contributed by atoms with Crippen LogP contribution >= 0.6 is 0 Å². The number of aromatic nitrogens is 4. The second-order valence-corrected chi connectivity index (χ2v) is 6.17. The van der Waals surface area contributed by atoms with E-state index in [1.54, 1.807) is 10.7 Å². The van der Waals surface area contributed by atoms with E-state index in [1.165, 1.54) is 0 Å². The summed E-state index contributed by atoms with van der Waals surface area (Å²) in [6.45, 7) is 8.37. The van der Waals surface area contributed by atoms with Gasteiger partial charge in [0, 0.05) is 6.54 Å². The van der Waals surface area contributed by atoms with E-state index in [0.29, 0.717) is 12.2 Å². The molecule has 0 saturated heterocycles. The number of carbonyl (C=O) groups excluding carboxylic acids is 1. The second-order valence-electron chi connectivity index (χ2n) is 6.17. The summed E-state index contributed by atoms with van der Waals surface area (Å²) in [5, 5.41) is 7.36. The van der Waals surface area contributed by atoms with E-state index in [9.17, 15) is 4.79 Å². The number of hydrogen-bond acceptors (Lipinski definition) is 3. The fourth-order valence-corrected chi connectivity index (χ4v) is 2.63. The van der Waals surface area contributed by atoms with Gasteiger partial charge in [0.05, 0.1) is 22.3 Å². The van der Waals surface area contributed by atoms with E-state index in [-0.39, 0.29) is 5.91 Å². The third-order valence-corrected chi connectivity index (χ3v) is 3.84. The molecule has 2 N–H and O–H groups in total. The van der Waals surface area contributed by atoms with E-state index in [4.69, 9.17) is 0 Å². The minimum absolute atomic E-state index is 0.155. The minimum atomic E-state index is -0.618. The number of nitrogens with zero attached hydrogens (tertiary/aromatic N) is 3. The standard InChI is InChI=1S/C17H21N5O/c1-5-22-14(10-11(2)21-22)15(23)20-17(3,4)16-18-12-8-6-7-9-13(12)19-16/h6-10H,5H2,1-4H3,(H,18,19)(H,20,23). The van der Waals surface area contributed by atoms with Gasteiger partial charge >= 0.3 is 0 Å². The molecule has 0 unspecified atom stereocenters. The van der Waals surface area contributed by atoms with Crippen molar-refractivity contribution < 1.29 is 4.79 Å². The molecule has 3 aromatic rings. The van der Waals surface area contributed by atoms with Gasteiger partial charge in [-0.2, -0.15) is 5.10 Å². The summed E-state index contributed by atoms with van der Waals surface area (Å²) in [5.41, 5.74) is 2.62. The normalized spacial score (nSPS) is 11.8. The molecule has 23 heavy (non-hydrogen) atoms. The van der Waals surface area contributed by atoms with Crippen LogP contribution in [0.3, 0.4) is 0 Å². The van der Waals surface area contributed by atoms with Crippen molar-refractivity contribution in [1.29, 1.82) is 0 Å². The summed E-state index contributed by atoms with van der Waals surface area (Å²) in [6, 6.07) is 9.62. The first-order chi connectivity index (χ1) is 10.9. The third-order valence-electron chi connectivity index (χ3n) is 3.84. The van der Waals surface area contributed by atoms with Crippen molar-refractivity contribution in [3.8, 4) is 0 Å². The predicted octanol–water partition coefficient (Wildman–Crippen LogP) is 2.75. The van der Waals surface area contributed by atoms with Crippen molar-refractivity contribution in [1.82, 2.24) is 25.1 Å². The lowest BCUT2D eigenvalue weighted by Gasteiger charge is -2.24. The van der Waals surface area contributed by atoms with E-state index < -0.39 is 5.54 Å². The summed E-state index contributed by atoms with van der Waals surface area (Å²) in [7, 11) is 0. The molecule has 3 rings (SSSR count). The van der Waals surface area contributed by atoms with Gasteiger partial charge < -0.3 is 10.3 Å². The molecule has 2 heterocycles. The van der Waals surface area contributed by atoms with Gasteiger partial charge in [0.15, 0.2) is 0 Å². The van der Waals surface area contributed by atoms with E-state index >= 15 is 0 Å². The van der Waals surface area contributed by atoms with Gasteiger partial charge in [-0.05, 0) is 45.9 Å². The molecule has 6 nitrogen and oxygen atoms in total. The van der Waals surface area contributed by atoms with Gasteiger partial charge in [-0.1, -0.05) is 12.1 Å². The molecule has 0 aliphatic heterocycles. The maximum Gasteiger partial charge on any atom is 0.270 e. The first kappa shape index (κ1) is 15.3. The maximum absolute atomic E-state index is 12.6. The third kappa shape index (κ3) is 2.84. The smallest absolute Gasteiger partial charge is 0.270 e. The summed E-state index contributed by atoms with van der Waals surface area (Å²) < 4.78 is 1.71. The number of aryl methyl sites for hydroxylation is 2. The Morgan fingerprint density at radius 1 is 1.35 bits per heavy atom. The summed E-state index contributed by atoms with van der Waals surface area (Å²) in [5.74, 6) is 0.573. The van der Waals surface area contributed by atoms with Gasteiger partial charge in [0.1, 0.15) is 11.5 Å². The van der Waals surface area contributed by atoms with E-state index in [2.05, 4.69) is 20.4 Å². The van der Waals surface area contributed by atoms with Gasteiger partial charge in [-0.15, -0.1) is 0 Å². The summed E-state index contributed by atoms with van der Waals surface area (Å²) in [4.78, 5) is 20.5. The van der Waals surface area contributed by atoms with Crippen LogP contribution in [-0.4, -0.2) is 25.7 Å². The molecule has 0 bridgehead atoms. The fraction of sp³-hybridized carbons (Fsp3) is 0.353. The minimum Gasteiger partial charge on any atom is -0.340 e. The highest BCUT2D eigenvalue weighted by molar-refractivity contribution is 5.93. The Labute approximate surface area is 134 Å². The van der Waals surface area contributed by atoms with Gasteiger partial charge in [0.25, 0.3) is 5.91 Å². The molecule has 0 radical (unpaired) electrons. The molecule has 0 aliphatic rings. The quantitative estimate of drug-likeness (QED) is 0.778. The number of aromatic amines is 1. The molecule has 1 aromatic carbocycles. The number of rotatable bonds is 4. The Morgan fingerprint density at radius 2 is 2.09 bits per heavy atom. The fourth-order valence-electron chi connectivity index (χ4n) is 2.63. The average molecular weight is 311 g/mol. The number of H-pyrrole nitrogens is 1. The van der Waals surface area contributed by atoms with Crippen LogP contribution in [0.2, 0.25) is 0 Å². The number of nitrogens with one attached hydrogen (secondary N) is 2. The Hall–Kier alpha value is -2.63. The highest BCUT2D eigenvalue weighted by Crippen LogP contribution is 2.21. The van der Waals surface area contributed by atoms with Crippen LogP contribution in [0.25, 0.3) is 11.0 Å². The molecule has 0 fully saturated rings. The van der Waals surface area contributed by atoms with Crippen molar-refractivity contribution >= 4 is 16.9 Å². The molecule has 6 heteroatoms. The molecule has 1 amide bonds. The molecule has 2 aromatic heterocycles. The lowest BCUT2D eigenvalue weighted by molar-refractivity contribution is 0.0898. The van der Waals surface area contributed by atoms with Gasteiger partial charge in [-0.25, -0.2) is 4.98 Å². The highest BCUT2D eigenvalue weighted by atomic mass is 16.2. The predicted molar refractivity (Wildman–Crippen MR) is 89.2 cm³/mol. The zero-order valence-corrected chi connectivity index (χ0v) is 13.8. The van der Waals surface area contributed by atoms with Crippen LogP contribution in [0.15, 0.2) is 30.3 Å². The van der Waals surface area contributed by atoms with Crippen molar-refractivity contribution in [3.05, 3.63) is 47.5 Å². The van der Waals surface area contributed by atoms with Crippen molar-refractivity contribution in [2.45, 2.75) is 39.8 Å². The molecular formula is C17H21N5O. The van der Waals surface area contributed by atoms with E-state index in [1.807, 2.05) is 52.0 Å². The number of amides is 1. The van der Waals surface area contributed by atoms with Crippen LogP contribution in [0.5, 0.6) is 0 Å².